The largest absolute Gasteiger partial charge is 0.391 e. The number of hydrogen-bond donors (Lipinski definition) is 4. The predicted molar refractivity (Wildman–Crippen MR) is 127 cm³/mol. The van der Waals surface area contributed by atoms with E-state index in [2.05, 4.69) is 27.1 Å². The van der Waals surface area contributed by atoms with E-state index in [1.807, 2.05) is 31.2 Å². The van der Waals surface area contributed by atoms with Gasteiger partial charge < -0.3 is 10.4 Å². The van der Waals surface area contributed by atoms with Gasteiger partial charge in [-0.15, -0.1) is 0 Å². The van der Waals surface area contributed by atoms with Gasteiger partial charge in [-0.2, -0.15) is 0 Å². The highest BCUT2D eigenvalue weighted by molar-refractivity contribution is 6.02. The first-order valence-electron chi connectivity index (χ1n) is 10.5. The van der Waals surface area contributed by atoms with Crippen molar-refractivity contribution in [2.24, 2.45) is 0 Å². The second-order valence-electron chi connectivity index (χ2n) is 7.53. The van der Waals surface area contributed by atoms with E-state index in [0.29, 0.717) is 17.1 Å². The summed E-state index contributed by atoms with van der Waals surface area (Å²) in [6.45, 7) is 3.14. The maximum absolute atomic E-state index is 13.1. The molecule has 0 unspecified atom stereocenters. The summed E-state index contributed by atoms with van der Waals surface area (Å²) >= 11 is 0. The Kier molecular flexibility index (Phi) is 8.29. The molecule has 3 aromatic rings. The molecule has 2 amide bonds. The Morgan fingerprint density at radius 1 is 1.03 bits per heavy atom. The van der Waals surface area contributed by atoms with Crippen LogP contribution in [0.15, 0.2) is 67.1 Å². The number of carbonyl (C=O) groups excluding carboxylic acids is 2. The number of amides is 2. The highest BCUT2D eigenvalue weighted by Crippen LogP contribution is 2.21. The zero-order valence-electron chi connectivity index (χ0n) is 18.8. The number of hydroxylamine groups is 1. The number of anilines is 2. The topological polar surface area (TPSA) is 128 Å². The molecule has 4 N–H and O–H groups in total. The molecule has 3 rings (SSSR count). The van der Waals surface area contributed by atoms with E-state index in [1.165, 1.54) is 31.0 Å². The Bertz CT molecular complexity index is 1170. The number of aryl methyl sites for hydroxylation is 1. The molecule has 0 saturated carbocycles. The van der Waals surface area contributed by atoms with Gasteiger partial charge in [-0.3, -0.25) is 24.7 Å². The molecule has 2 atom stereocenters. The second kappa shape index (κ2) is 11.6. The summed E-state index contributed by atoms with van der Waals surface area (Å²) in [4.78, 5) is 34.5. The van der Waals surface area contributed by atoms with E-state index >= 15 is 0 Å². The van der Waals surface area contributed by atoms with Gasteiger partial charge in [-0.25, -0.2) is 10.5 Å². The fourth-order valence-corrected chi connectivity index (χ4v) is 3.21. The molecule has 9 nitrogen and oxygen atoms in total. The summed E-state index contributed by atoms with van der Waals surface area (Å²) in [6.07, 6.45) is 3.15. The van der Waals surface area contributed by atoms with E-state index in [4.69, 9.17) is 0 Å². The van der Waals surface area contributed by atoms with Crippen molar-refractivity contribution in [2.75, 3.05) is 16.8 Å². The summed E-state index contributed by atoms with van der Waals surface area (Å²) in [5.74, 6) is 5.05. The normalized spacial score (nSPS) is 12.0. The van der Waals surface area contributed by atoms with E-state index in [9.17, 15) is 19.9 Å². The van der Waals surface area contributed by atoms with Gasteiger partial charge in [-0.05, 0) is 50.2 Å². The third kappa shape index (κ3) is 6.38. The Balaban J connectivity index is 1.86. The van der Waals surface area contributed by atoms with Gasteiger partial charge >= 0.3 is 0 Å². The zero-order valence-corrected chi connectivity index (χ0v) is 18.8. The SMILES string of the molecule is Cc1ccc(C#Cc2ccc(N(C(=O)CNc3cnccn3)[C@H](C(=O)NO)[C@@H](C)O)cc2)cc1. The summed E-state index contributed by atoms with van der Waals surface area (Å²) in [5.41, 5.74) is 4.59. The summed E-state index contributed by atoms with van der Waals surface area (Å²) < 4.78 is 0. The molecule has 0 fully saturated rings. The van der Waals surface area contributed by atoms with Crippen LogP contribution in [0.25, 0.3) is 0 Å². The molecule has 0 spiro atoms. The number of benzene rings is 2. The number of aliphatic hydroxyl groups excluding tert-OH is 1. The number of nitrogens with one attached hydrogen (secondary N) is 2. The van der Waals surface area contributed by atoms with Gasteiger partial charge in [-0.1, -0.05) is 29.5 Å². The maximum atomic E-state index is 13.1. The molecule has 34 heavy (non-hydrogen) atoms. The van der Waals surface area contributed by atoms with Crippen molar-refractivity contribution in [1.82, 2.24) is 15.4 Å². The molecular formula is C25H25N5O4. The van der Waals surface area contributed by atoms with E-state index in [-0.39, 0.29) is 6.54 Å². The number of aliphatic hydroxyl groups is 1. The number of rotatable bonds is 7. The van der Waals surface area contributed by atoms with Crippen molar-refractivity contribution in [3.63, 3.8) is 0 Å². The Hall–Kier alpha value is -4.26. The van der Waals surface area contributed by atoms with Crippen LogP contribution in [0.1, 0.15) is 23.6 Å². The lowest BCUT2D eigenvalue weighted by Gasteiger charge is -2.32. The van der Waals surface area contributed by atoms with Crippen LogP contribution in [0.2, 0.25) is 0 Å². The number of nitrogens with zero attached hydrogens (tertiary/aromatic N) is 3. The number of carbonyl (C=O) groups is 2. The van der Waals surface area contributed by atoms with Crippen LogP contribution in [-0.4, -0.2) is 50.8 Å². The van der Waals surface area contributed by atoms with Gasteiger partial charge in [0.25, 0.3) is 5.91 Å². The third-order valence-electron chi connectivity index (χ3n) is 4.91. The van der Waals surface area contributed by atoms with E-state index in [0.717, 1.165) is 16.0 Å². The fraction of sp³-hybridized carbons (Fsp3) is 0.200. The number of aromatic nitrogens is 2. The molecule has 0 aliphatic heterocycles. The average molecular weight is 460 g/mol. The monoisotopic (exact) mass is 459 g/mol. The molecule has 0 bridgehead atoms. The minimum absolute atomic E-state index is 0.227. The van der Waals surface area contributed by atoms with Gasteiger partial charge in [0.2, 0.25) is 5.91 Å². The van der Waals surface area contributed by atoms with Gasteiger partial charge in [0.1, 0.15) is 11.9 Å². The van der Waals surface area contributed by atoms with E-state index in [1.54, 1.807) is 24.3 Å². The Morgan fingerprint density at radius 3 is 2.18 bits per heavy atom. The third-order valence-corrected chi connectivity index (χ3v) is 4.91. The fourth-order valence-electron chi connectivity index (χ4n) is 3.21. The first-order chi connectivity index (χ1) is 16.4. The lowest BCUT2D eigenvalue weighted by molar-refractivity contribution is -0.135. The van der Waals surface area contributed by atoms with Crippen LogP contribution in [-0.2, 0) is 9.59 Å². The van der Waals surface area contributed by atoms with Crippen molar-refractivity contribution >= 4 is 23.3 Å². The van der Waals surface area contributed by atoms with Crippen molar-refractivity contribution in [3.05, 3.63) is 83.8 Å². The molecular weight excluding hydrogens is 434 g/mol. The average Bonchev–Trinajstić information content (AvgIpc) is 2.86. The van der Waals surface area contributed by atoms with Gasteiger partial charge in [0, 0.05) is 29.2 Å². The van der Waals surface area contributed by atoms with Gasteiger partial charge in [0.15, 0.2) is 0 Å². The van der Waals surface area contributed by atoms with Crippen molar-refractivity contribution in [2.45, 2.75) is 26.0 Å². The van der Waals surface area contributed by atoms with Crippen LogP contribution >= 0.6 is 0 Å². The lowest BCUT2D eigenvalue weighted by atomic mass is 10.1. The second-order valence-corrected chi connectivity index (χ2v) is 7.53. The van der Waals surface area contributed by atoms with Crippen molar-refractivity contribution in [1.29, 1.82) is 0 Å². The summed E-state index contributed by atoms with van der Waals surface area (Å²) in [7, 11) is 0. The molecule has 2 aromatic carbocycles. The first kappa shape index (κ1) is 24.4. The smallest absolute Gasteiger partial charge is 0.269 e. The van der Waals surface area contributed by atoms with E-state index < -0.39 is 24.0 Å². The van der Waals surface area contributed by atoms with Crippen molar-refractivity contribution in [3.8, 4) is 11.8 Å². The highest BCUT2D eigenvalue weighted by atomic mass is 16.5. The van der Waals surface area contributed by atoms with Gasteiger partial charge in [0.05, 0.1) is 18.8 Å². The minimum Gasteiger partial charge on any atom is -0.391 e. The Morgan fingerprint density at radius 2 is 1.65 bits per heavy atom. The molecule has 1 heterocycles. The van der Waals surface area contributed by atoms with Crippen LogP contribution in [0.4, 0.5) is 11.5 Å². The summed E-state index contributed by atoms with van der Waals surface area (Å²) in [5, 5.41) is 22.2. The van der Waals surface area contributed by atoms with Crippen LogP contribution in [0.3, 0.4) is 0 Å². The van der Waals surface area contributed by atoms with Crippen molar-refractivity contribution < 1.29 is 19.9 Å². The molecule has 1 aromatic heterocycles. The highest BCUT2D eigenvalue weighted by Gasteiger charge is 2.34. The zero-order chi connectivity index (χ0) is 24.5. The molecule has 0 radical (unpaired) electrons. The molecule has 0 aliphatic rings. The summed E-state index contributed by atoms with van der Waals surface area (Å²) in [6, 6.07) is 13.1. The maximum Gasteiger partial charge on any atom is 0.269 e. The Labute approximate surface area is 197 Å². The lowest BCUT2D eigenvalue weighted by Crippen LogP contribution is -2.56. The molecule has 0 saturated heterocycles. The molecule has 174 valence electrons. The van der Waals surface area contributed by atoms with Crippen LogP contribution in [0, 0.1) is 18.8 Å². The predicted octanol–water partition coefficient (Wildman–Crippen LogP) is 1.88. The van der Waals surface area contributed by atoms with Crippen LogP contribution < -0.4 is 15.7 Å². The minimum atomic E-state index is -1.37. The van der Waals surface area contributed by atoms with Crippen LogP contribution in [0.5, 0.6) is 0 Å². The molecule has 0 aliphatic carbocycles. The standard InChI is InChI=1S/C25H25N5O4/c1-17-3-5-19(6-4-17)7-8-20-9-11-21(12-10-20)30(24(18(2)31)25(33)29-34)23(32)16-28-22-15-26-13-14-27-22/h3-6,9-15,18,24,31,34H,16H2,1-2H3,(H,27,28)(H,29,33)/t18-,24+/m1/s1. The molecule has 9 heteroatoms. The first-order valence-corrected chi connectivity index (χ1v) is 10.5. The number of hydrogen-bond acceptors (Lipinski definition) is 7. The quantitative estimate of drug-likeness (QED) is 0.241.